The van der Waals surface area contributed by atoms with Crippen LogP contribution in [0.4, 0.5) is 0 Å². The Hall–Kier alpha value is -2.34. The van der Waals surface area contributed by atoms with E-state index in [0.29, 0.717) is 22.9 Å². The molecule has 3 rings (SSSR count). The van der Waals surface area contributed by atoms with E-state index < -0.39 is 5.97 Å². The summed E-state index contributed by atoms with van der Waals surface area (Å²) in [4.78, 5) is 12.4. The number of ether oxygens (including phenoxy) is 2. The molecule has 5 nitrogen and oxygen atoms in total. The van der Waals surface area contributed by atoms with Gasteiger partial charge in [-0.05, 0) is 30.3 Å². The molecule has 0 amide bonds. The van der Waals surface area contributed by atoms with Gasteiger partial charge in [0.05, 0.1) is 33.6 Å². The van der Waals surface area contributed by atoms with Gasteiger partial charge in [0.15, 0.2) is 0 Å². The van der Waals surface area contributed by atoms with Gasteiger partial charge >= 0.3 is 5.97 Å². The molecule has 0 aliphatic heterocycles. The van der Waals surface area contributed by atoms with E-state index in [0.717, 1.165) is 5.69 Å². The maximum Gasteiger partial charge on any atom is 0.344 e. The molecule has 0 aliphatic carbocycles. The zero-order valence-corrected chi connectivity index (χ0v) is 14.8. The summed E-state index contributed by atoms with van der Waals surface area (Å²) in [6, 6.07) is 15.6. The van der Waals surface area contributed by atoms with Crippen LogP contribution in [0.3, 0.4) is 0 Å². The number of para-hydroxylation sites is 1. The Balaban J connectivity index is 1.93. The van der Waals surface area contributed by atoms with Gasteiger partial charge in [0, 0.05) is 13.2 Å². The molecule has 1 aromatic heterocycles. The van der Waals surface area contributed by atoms with Crippen LogP contribution in [0.25, 0.3) is 5.69 Å². The number of aromatic nitrogens is 2. The summed E-state index contributed by atoms with van der Waals surface area (Å²) < 4.78 is 12.2. The van der Waals surface area contributed by atoms with E-state index in [9.17, 15) is 4.79 Å². The third kappa shape index (κ3) is 4.02. The van der Waals surface area contributed by atoms with Gasteiger partial charge < -0.3 is 9.47 Å². The smallest absolute Gasteiger partial charge is 0.344 e. The van der Waals surface area contributed by atoms with Crippen molar-refractivity contribution in [1.82, 2.24) is 9.78 Å². The summed E-state index contributed by atoms with van der Waals surface area (Å²) in [5.41, 5.74) is 1.70. The lowest BCUT2D eigenvalue weighted by Gasteiger charge is -2.08. The van der Waals surface area contributed by atoms with Crippen LogP contribution in [0.5, 0.6) is 5.88 Å². The predicted molar refractivity (Wildman–Crippen MR) is 95.7 cm³/mol. The normalized spacial score (nSPS) is 10.7. The van der Waals surface area contributed by atoms with E-state index in [1.807, 2.05) is 30.3 Å². The van der Waals surface area contributed by atoms with Crippen LogP contribution in [0.15, 0.2) is 54.6 Å². The highest BCUT2D eigenvalue weighted by Gasteiger charge is 2.17. The third-order valence-electron chi connectivity index (χ3n) is 3.37. The van der Waals surface area contributed by atoms with Gasteiger partial charge in [-0.2, -0.15) is 5.10 Å². The lowest BCUT2D eigenvalue weighted by molar-refractivity contribution is 0.0723. The van der Waals surface area contributed by atoms with Crippen LogP contribution in [0, 0.1) is 0 Å². The fraction of sp³-hybridized carbons (Fsp3) is 0.111. The minimum absolute atomic E-state index is 0.285. The van der Waals surface area contributed by atoms with Gasteiger partial charge in [-0.15, -0.1) is 0 Å². The fourth-order valence-corrected chi connectivity index (χ4v) is 2.53. The molecule has 0 bridgehead atoms. The highest BCUT2D eigenvalue weighted by Crippen LogP contribution is 2.25. The molecule has 3 aromatic rings. The number of halogens is 2. The van der Waals surface area contributed by atoms with E-state index in [4.69, 9.17) is 32.7 Å². The number of carbonyl (C=O) groups excluding carboxylic acids is 1. The zero-order chi connectivity index (χ0) is 17.8. The molecule has 0 atom stereocenters. The molecule has 2 aromatic carbocycles. The van der Waals surface area contributed by atoms with Crippen molar-refractivity contribution in [2.24, 2.45) is 0 Å². The number of hydrogen-bond acceptors (Lipinski definition) is 4. The van der Waals surface area contributed by atoms with Crippen molar-refractivity contribution in [2.75, 3.05) is 7.11 Å². The van der Waals surface area contributed by atoms with Gasteiger partial charge in [-0.25, -0.2) is 9.48 Å². The number of hydrogen-bond donors (Lipinski definition) is 0. The second-order valence-electron chi connectivity index (χ2n) is 5.17. The van der Waals surface area contributed by atoms with Crippen LogP contribution in [-0.4, -0.2) is 22.9 Å². The van der Waals surface area contributed by atoms with Gasteiger partial charge in [-0.3, -0.25) is 0 Å². The highest BCUT2D eigenvalue weighted by molar-refractivity contribution is 6.42. The first-order chi connectivity index (χ1) is 12.1. The number of methoxy groups -OCH3 is 1. The Morgan fingerprint density at radius 1 is 1.08 bits per heavy atom. The molecule has 1 heterocycles. The van der Waals surface area contributed by atoms with Crippen molar-refractivity contribution in [1.29, 1.82) is 0 Å². The average molecular weight is 377 g/mol. The summed E-state index contributed by atoms with van der Waals surface area (Å²) in [6.45, 7) is 0.303. The molecule has 0 radical (unpaired) electrons. The number of rotatable bonds is 5. The second kappa shape index (κ2) is 7.70. The zero-order valence-electron chi connectivity index (χ0n) is 13.3. The molecular weight excluding hydrogens is 363 g/mol. The quantitative estimate of drug-likeness (QED) is 0.613. The standard InChI is InChI=1S/C18H14Cl2N2O3/c1-24-11-13-10-17(22(21-13)14-5-3-2-4-6-14)25-18(23)12-7-8-15(19)16(20)9-12/h2-10H,11H2,1H3. The Morgan fingerprint density at radius 2 is 1.84 bits per heavy atom. The second-order valence-corrected chi connectivity index (χ2v) is 5.99. The average Bonchev–Trinajstić information content (AvgIpc) is 3.01. The van der Waals surface area contributed by atoms with Crippen LogP contribution < -0.4 is 4.74 Å². The first-order valence-corrected chi connectivity index (χ1v) is 8.14. The van der Waals surface area contributed by atoms with Crippen molar-refractivity contribution < 1.29 is 14.3 Å². The van der Waals surface area contributed by atoms with E-state index in [1.165, 1.54) is 6.07 Å². The maximum atomic E-state index is 12.4. The van der Waals surface area contributed by atoms with Gasteiger partial charge in [0.25, 0.3) is 0 Å². The first kappa shape index (κ1) is 17.5. The van der Waals surface area contributed by atoms with Crippen molar-refractivity contribution in [3.8, 4) is 11.6 Å². The van der Waals surface area contributed by atoms with Crippen molar-refractivity contribution in [2.45, 2.75) is 6.61 Å². The van der Waals surface area contributed by atoms with Crippen LogP contribution in [-0.2, 0) is 11.3 Å². The minimum atomic E-state index is -0.556. The molecular formula is C18H14Cl2N2O3. The number of benzene rings is 2. The van der Waals surface area contributed by atoms with E-state index in [2.05, 4.69) is 5.10 Å². The number of nitrogens with zero attached hydrogens (tertiary/aromatic N) is 2. The van der Waals surface area contributed by atoms with Crippen molar-refractivity contribution in [3.05, 3.63) is 75.9 Å². The van der Waals surface area contributed by atoms with E-state index in [-0.39, 0.29) is 10.9 Å². The molecule has 128 valence electrons. The van der Waals surface area contributed by atoms with Gasteiger partial charge in [0.2, 0.25) is 5.88 Å². The molecule has 0 spiro atoms. The summed E-state index contributed by atoms with van der Waals surface area (Å²) >= 11 is 11.8. The monoisotopic (exact) mass is 376 g/mol. The molecule has 0 N–H and O–H groups in total. The maximum absolute atomic E-state index is 12.4. The molecule has 25 heavy (non-hydrogen) atoms. The minimum Gasteiger partial charge on any atom is -0.404 e. The summed E-state index contributed by atoms with van der Waals surface area (Å²) in [5, 5.41) is 5.07. The largest absolute Gasteiger partial charge is 0.404 e. The topological polar surface area (TPSA) is 53.4 Å². The number of carbonyl (C=O) groups is 1. The first-order valence-electron chi connectivity index (χ1n) is 7.39. The van der Waals surface area contributed by atoms with Crippen LogP contribution in [0.2, 0.25) is 10.0 Å². The lowest BCUT2D eigenvalue weighted by Crippen LogP contribution is -2.11. The molecule has 0 fully saturated rings. The Bertz CT molecular complexity index is 895. The third-order valence-corrected chi connectivity index (χ3v) is 4.11. The summed E-state index contributed by atoms with van der Waals surface area (Å²) in [7, 11) is 1.57. The predicted octanol–water partition coefficient (Wildman–Crippen LogP) is 4.54. The van der Waals surface area contributed by atoms with Crippen LogP contribution >= 0.6 is 23.2 Å². The SMILES string of the molecule is COCc1cc(OC(=O)c2ccc(Cl)c(Cl)c2)n(-c2ccccc2)n1. The van der Waals surface area contributed by atoms with Crippen molar-refractivity contribution in [3.63, 3.8) is 0 Å². The van der Waals surface area contributed by atoms with Gasteiger partial charge in [0.1, 0.15) is 0 Å². The molecule has 7 heteroatoms. The van der Waals surface area contributed by atoms with Gasteiger partial charge in [-0.1, -0.05) is 41.4 Å². The molecule has 0 unspecified atom stereocenters. The Kier molecular flexibility index (Phi) is 5.38. The molecule has 0 aliphatic rings. The summed E-state index contributed by atoms with van der Waals surface area (Å²) in [6.07, 6.45) is 0. The summed E-state index contributed by atoms with van der Waals surface area (Å²) in [5.74, 6) is -0.270. The lowest BCUT2D eigenvalue weighted by atomic mass is 10.2. The number of esters is 1. The van der Waals surface area contributed by atoms with Crippen LogP contribution in [0.1, 0.15) is 16.1 Å². The van der Waals surface area contributed by atoms with E-state index in [1.54, 1.807) is 30.0 Å². The van der Waals surface area contributed by atoms with E-state index >= 15 is 0 Å². The molecule has 0 saturated carbocycles. The molecule has 0 saturated heterocycles. The fourth-order valence-electron chi connectivity index (χ4n) is 2.23. The Labute approximate surface area is 154 Å². The Morgan fingerprint density at radius 3 is 2.52 bits per heavy atom. The highest BCUT2D eigenvalue weighted by atomic mass is 35.5. The van der Waals surface area contributed by atoms with Crippen molar-refractivity contribution >= 4 is 29.2 Å².